The number of para-hydroxylation sites is 1. The summed E-state index contributed by atoms with van der Waals surface area (Å²) in [6, 6.07) is 6.38. The largest absolute Gasteiger partial charge is 0.450 e. The summed E-state index contributed by atoms with van der Waals surface area (Å²) in [6.45, 7) is 3.34. The second-order valence-corrected chi connectivity index (χ2v) is 7.95. The molecule has 2 aliphatic rings. The minimum absolute atomic E-state index is 0.00544. The fraction of sp³-hybridized carbons (Fsp3) is 0.478. The third kappa shape index (κ3) is 4.12. The molecule has 10 nitrogen and oxygen atoms in total. The molecule has 33 heavy (non-hydrogen) atoms. The van der Waals surface area contributed by atoms with Crippen LogP contribution >= 0.6 is 0 Å². The summed E-state index contributed by atoms with van der Waals surface area (Å²) in [5.74, 6) is -0.626. The molecule has 2 heterocycles. The van der Waals surface area contributed by atoms with E-state index in [2.05, 4.69) is 5.43 Å². The number of fused-ring (bicyclic) bond motifs is 2. The second kappa shape index (κ2) is 9.51. The van der Waals surface area contributed by atoms with Gasteiger partial charge in [-0.25, -0.2) is 15.0 Å². The zero-order valence-corrected chi connectivity index (χ0v) is 18.7. The number of benzene rings is 1. The zero-order chi connectivity index (χ0) is 23.5. The molecule has 1 N–H and O–H groups in total. The predicted octanol–water partition coefficient (Wildman–Crippen LogP) is 3.70. The van der Waals surface area contributed by atoms with Crippen molar-refractivity contribution in [2.75, 3.05) is 13.2 Å². The lowest BCUT2D eigenvalue weighted by Gasteiger charge is -2.39. The first-order valence-corrected chi connectivity index (χ1v) is 11.3. The Kier molecular flexibility index (Phi) is 6.52. The van der Waals surface area contributed by atoms with Gasteiger partial charge in [-0.15, -0.1) is 0 Å². The van der Waals surface area contributed by atoms with Gasteiger partial charge in [0.05, 0.1) is 24.2 Å². The molecule has 1 unspecified atom stereocenters. The van der Waals surface area contributed by atoms with Gasteiger partial charge in [0, 0.05) is 6.04 Å². The first-order chi connectivity index (χ1) is 16.0. The van der Waals surface area contributed by atoms with Crippen molar-refractivity contribution >= 4 is 29.1 Å². The van der Waals surface area contributed by atoms with Crippen LogP contribution in [0.3, 0.4) is 0 Å². The normalized spacial score (nSPS) is 18.2. The van der Waals surface area contributed by atoms with E-state index in [-0.39, 0.29) is 41.5 Å². The number of carbonyl (C=O) groups is 3. The second-order valence-electron chi connectivity index (χ2n) is 7.95. The number of ether oxygens (including phenoxy) is 2. The van der Waals surface area contributed by atoms with Crippen LogP contribution in [-0.2, 0) is 9.47 Å². The maximum absolute atomic E-state index is 13.6. The van der Waals surface area contributed by atoms with Gasteiger partial charge in [0.15, 0.2) is 6.17 Å². The Bertz CT molecular complexity index is 1120. The Morgan fingerprint density at radius 3 is 2.48 bits per heavy atom. The lowest BCUT2D eigenvalue weighted by molar-refractivity contribution is -0.0102. The van der Waals surface area contributed by atoms with Crippen LogP contribution in [-0.4, -0.2) is 47.3 Å². The molecule has 0 saturated heterocycles. The standard InChI is InChI=1S/C23H27N3O7/c1-3-31-22(29)24-26(23(30)32-4-2)20-17-18(27)15-12-8-9-13-16(15)33-19(17)21(28)25(20)14-10-6-5-7-11-14/h8-9,12-14,20H,3-7,10-11H2,1-2H3,(H,24,29). The minimum Gasteiger partial charge on any atom is -0.450 e. The van der Waals surface area contributed by atoms with Crippen LogP contribution < -0.4 is 10.9 Å². The fourth-order valence-corrected chi connectivity index (χ4v) is 4.56. The average molecular weight is 457 g/mol. The van der Waals surface area contributed by atoms with Gasteiger partial charge in [-0.2, -0.15) is 5.01 Å². The van der Waals surface area contributed by atoms with Crippen LogP contribution in [0.5, 0.6) is 0 Å². The lowest BCUT2D eigenvalue weighted by Crippen LogP contribution is -2.55. The summed E-state index contributed by atoms with van der Waals surface area (Å²) in [7, 11) is 0. The number of rotatable bonds is 4. The molecule has 176 valence electrons. The van der Waals surface area contributed by atoms with Crippen molar-refractivity contribution in [3.8, 4) is 0 Å². The molecule has 1 saturated carbocycles. The maximum Gasteiger partial charge on any atom is 0.431 e. The zero-order valence-electron chi connectivity index (χ0n) is 18.7. The topological polar surface area (TPSA) is 118 Å². The molecule has 1 atom stereocenters. The Hall–Kier alpha value is -3.56. The van der Waals surface area contributed by atoms with Gasteiger partial charge in [0.1, 0.15) is 5.58 Å². The minimum atomic E-state index is -1.22. The van der Waals surface area contributed by atoms with Gasteiger partial charge in [-0.1, -0.05) is 31.4 Å². The van der Waals surface area contributed by atoms with E-state index in [1.54, 1.807) is 38.1 Å². The Morgan fingerprint density at radius 2 is 1.79 bits per heavy atom. The van der Waals surface area contributed by atoms with Crippen molar-refractivity contribution in [3.05, 3.63) is 45.8 Å². The van der Waals surface area contributed by atoms with Crippen LogP contribution in [0.4, 0.5) is 9.59 Å². The van der Waals surface area contributed by atoms with Crippen molar-refractivity contribution in [1.82, 2.24) is 15.3 Å². The molecule has 1 aromatic carbocycles. The first kappa shape index (κ1) is 22.6. The Balaban J connectivity index is 1.89. The highest BCUT2D eigenvalue weighted by atomic mass is 16.6. The molecule has 10 heteroatoms. The molecule has 0 spiro atoms. The summed E-state index contributed by atoms with van der Waals surface area (Å²) < 4.78 is 16.0. The summed E-state index contributed by atoms with van der Waals surface area (Å²) in [5.41, 5.74) is 2.20. The van der Waals surface area contributed by atoms with E-state index in [1.807, 2.05) is 0 Å². The van der Waals surface area contributed by atoms with Crippen molar-refractivity contribution < 1.29 is 28.3 Å². The van der Waals surface area contributed by atoms with Gasteiger partial charge in [-0.05, 0) is 38.8 Å². The quantitative estimate of drug-likeness (QED) is 0.696. The Morgan fingerprint density at radius 1 is 1.09 bits per heavy atom. The number of amides is 3. The fourth-order valence-electron chi connectivity index (χ4n) is 4.56. The van der Waals surface area contributed by atoms with Crippen molar-refractivity contribution in [3.63, 3.8) is 0 Å². The molecule has 4 rings (SSSR count). The van der Waals surface area contributed by atoms with E-state index in [9.17, 15) is 19.2 Å². The van der Waals surface area contributed by atoms with Crippen LogP contribution in [0.1, 0.15) is 68.2 Å². The molecular weight excluding hydrogens is 430 g/mol. The summed E-state index contributed by atoms with van der Waals surface area (Å²) in [5, 5.41) is 1.14. The van der Waals surface area contributed by atoms with Crippen LogP contribution in [0.2, 0.25) is 0 Å². The highest BCUT2D eigenvalue weighted by Crippen LogP contribution is 2.40. The van der Waals surface area contributed by atoms with Gasteiger partial charge < -0.3 is 18.8 Å². The Labute approximate surface area is 190 Å². The molecule has 0 radical (unpaired) electrons. The number of hydrogen-bond acceptors (Lipinski definition) is 7. The van der Waals surface area contributed by atoms with Gasteiger partial charge in [-0.3, -0.25) is 9.59 Å². The maximum atomic E-state index is 13.6. The molecule has 1 aliphatic carbocycles. The summed E-state index contributed by atoms with van der Waals surface area (Å²) in [4.78, 5) is 53.8. The molecule has 1 fully saturated rings. The van der Waals surface area contributed by atoms with Crippen molar-refractivity contribution in [2.45, 2.75) is 58.2 Å². The average Bonchev–Trinajstić information content (AvgIpc) is 3.11. The highest BCUT2D eigenvalue weighted by molar-refractivity contribution is 5.99. The van der Waals surface area contributed by atoms with E-state index in [1.165, 1.54) is 4.90 Å². The van der Waals surface area contributed by atoms with Crippen molar-refractivity contribution in [2.24, 2.45) is 0 Å². The van der Waals surface area contributed by atoms with Crippen LogP contribution in [0.15, 0.2) is 33.5 Å². The number of hydrazine groups is 1. The number of nitrogens with one attached hydrogen (secondary N) is 1. The van der Waals surface area contributed by atoms with E-state index in [0.29, 0.717) is 12.8 Å². The number of hydrogen-bond donors (Lipinski definition) is 1. The SMILES string of the molecule is CCOC(=O)NN(C(=O)OCC)C1c2c(oc3ccccc3c2=O)C(=O)N1C1CCCCC1. The number of carbonyl (C=O) groups excluding carboxylic acids is 3. The highest BCUT2D eigenvalue weighted by Gasteiger charge is 2.50. The molecule has 2 aromatic rings. The summed E-state index contributed by atoms with van der Waals surface area (Å²) >= 11 is 0. The lowest BCUT2D eigenvalue weighted by atomic mass is 9.94. The van der Waals surface area contributed by atoms with Gasteiger partial charge in [0.25, 0.3) is 5.91 Å². The summed E-state index contributed by atoms with van der Waals surface area (Å²) in [6.07, 6.45) is 1.24. The van der Waals surface area contributed by atoms with E-state index in [4.69, 9.17) is 13.9 Å². The van der Waals surface area contributed by atoms with Crippen molar-refractivity contribution in [1.29, 1.82) is 0 Å². The third-order valence-corrected chi connectivity index (χ3v) is 5.95. The molecular formula is C23H27N3O7. The van der Waals surface area contributed by atoms with Gasteiger partial charge >= 0.3 is 12.2 Å². The smallest absolute Gasteiger partial charge is 0.431 e. The molecule has 3 amide bonds. The van der Waals surface area contributed by atoms with E-state index in [0.717, 1.165) is 24.3 Å². The first-order valence-electron chi connectivity index (χ1n) is 11.3. The van der Waals surface area contributed by atoms with Crippen LogP contribution in [0, 0.1) is 0 Å². The number of nitrogens with zero attached hydrogens (tertiary/aromatic N) is 2. The molecule has 0 bridgehead atoms. The monoisotopic (exact) mass is 457 g/mol. The molecule has 1 aromatic heterocycles. The molecule has 1 aliphatic heterocycles. The van der Waals surface area contributed by atoms with Crippen LogP contribution in [0.25, 0.3) is 11.0 Å². The van der Waals surface area contributed by atoms with Gasteiger partial charge in [0.2, 0.25) is 11.2 Å². The third-order valence-electron chi connectivity index (χ3n) is 5.95. The van der Waals surface area contributed by atoms with E-state index < -0.39 is 29.7 Å². The predicted molar refractivity (Wildman–Crippen MR) is 117 cm³/mol. The van der Waals surface area contributed by atoms with E-state index >= 15 is 0 Å².